The van der Waals surface area contributed by atoms with Gasteiger partial charge in [0.2, 0.25) is 11.1 Å². The molecule has 3 aromatic rings. The Hall–Kier alpha value is -2.15. The predicted molar refractivity (Wildman–Crippen MR) is 114 cm³/mol. The molecule has 0 bridgehead atoms. The van der Waals surface area contributed by atoms with Gasteiger partial charge < -0.3 is 9.47 Å². The van der Waals surface area contributed by atoms with Crippen molar-refractivity contribution in [1.29, 1.82) is 0 Å². The highest BCUT2D eigenvalue weighted by atomic mass is 32.2. The molecule has 6 nitrogen and oxygen atoms in total. The summed E-state index contributed by atoms with van der Waals surface area (Å²) in [5.74, 6) is 0.495. The average molecular weight is 398 g/mol. The van der Waals surface area contributed by atoms with Crippen LogP contribution in [0.4, 0.5) is 0 Å². The molecular formula is C21H27N5OS. The van der Waals surface area contributed by atoms with Gasteiger partial charge in [-0.1, -0.05) is 44.0 Å². The van der Waals surface area contributed by atoms with Gasteiger partial charge in [-0.25, -0.2) is 4.98 Å². The molecule has 0 aliphatic heterocycles. The smallest absolute Gasteiger partial charge is 0.233 e. The topological polar surface area (TPSA) is 63.9 Å². The Labute approximate surface area is 169 Å². The van der Waals surface area contributed by atoms with Gasteiger partial charge in [-0.15, -0.1) is 10.2 Å². The van der Waals surface area contributed by atoms with Gasteiger partial charge in [0, 0.05) is 25.5 Å². The minimum Gasteiger partial charge on any atom is -0.342 e. The van der Waals surface area contributed by atoms with Crippen molar-refractivity contribution in [2.45, 2.75) is 56.6 Å². The monoisotopic (exact) mass is 397 g/mol. The number of carbonyl (C=O) groups excluding carboxylic acids is 1. The summed E-state index contributed by atoms with van der Waals surface area (Å²) in [6.07, 6.45) is 6.95. The Morgan fingerprint density at radius 1 is 1.25 bits per heavy atom. The third-order valence-electron chi connectivity index (χ3n) is 5.89. The van der Waals surface area contributed by atoms with Gasteiger partial charge >= 0.3 is 0 Å². The van der Waals surface area contributed by atoms with E-state index in [0.29, 0.717) is 17.0 Å². The molecule has 28 heavy (non-hydrogen) atoms. The molecule has 0 unspecified atom stereocenters. The van der Waals surface area contributed by atoms with Gasteiger partial charge in [-0.3, -0.25) is 4.79 Å². The van der Waals surface area contributed by atoms with Crippen LogP contribution in [0.1, 0.15) is 44.6 Å². The van der Waals surface area contributed by atoms with Crippen molar-refractivity contribution in [2.24, 2.45) is 7.05 Å². The number of carbonyl (C=O) groups is 1. The molecular weight excluding hydrogens is 370 g/mol. The zero-order valence-electron chi connectivity index (χ0n) is 16.8. The number of hydrogen-bond acceptors (Lipinski definition) is 5. The van der Waals surface area contributed by atoms with Gasteiger partial charge in [0.1, 0.15) is 5.52 Å². The molecule has 1 fully saturated rings. The van der Waals surface area contributed by atoms with Gasteiger partial charge in [0.05, 0.1) is 11.3 Å². The van der Waals surface area contributed by atoms with E-state index in [1.54, 1.807) is 0 Å². The van der Waals surface area contributed by atoms with Gasteiger partial charge in [0.25, 0.3) is 0 Å². The summed E-state index contributed by atoms with van der Waals surface area (Å²) >= 11 is 1.37. The van der Waals surface area contributed by atoms with E-state index in [2.05, 4.69) is 39.9 Å². The molecule has 1 amide bonds. The van der Waals surface area contributed by atoms with Crippen LogP contribution in [0.3, 0.4) is 0 Å². The molecule has 2 aromatic heterocycles. The Kier molecular flexibility index (Phi) is 5.53. The quantitative estimate of drug-likeness (QED) is 0.610. The summed E-state index contributed by atoms with van der Waals surface area (Å²) in [7, 11) is 3.93. The molecule has 1 saturated carbocycles. The second-order valence-electron chi connectivity index (χ2n) is 7.62. The van der Waals surface area contributed by atoms with Crippen molar-refractivity contribution in [3.63, 3.8) is 0 Å². The van der Waals surface area contributed by atoms with E-state index in [9.17, 15) is 4.79 Å². The number of aromatic nitrogens is 4. The largest absolute Gasteiger partial charge is 0.342 e. The fourth-order valence-electron chi connectivity index (χ4n) is 4.07. The number of aryl methyl sites for hydroxylation is 2. The molecule has 0 radical (unpaired) electrons. The molecule has 1 aliphatic carbocycles. The van der Waals surface area contributed by atoms with Crippen LogP contribution < -0.4 is 0 Å². The molecule has 148 valence electrons. The first-order valence-electron chi connectivity index (χ1n) is 10.1. The van der Waals surface area contributed by atoms with E-state index < -0.39 is 0 Å². The number of amides is 1. The maximum Gasteiger partial charge on any atom is 0.233 e. The fourth-order valence-corrected chi connectivity index (χ4v) is 4.78. The van der Waals surface area contributed by atoms with Crippen LogP contribution in [-0.4, -0.2) is 49.4 Å². The maximum atomic E-state index is 12.6. The molecule has 0 N–H and O–H groups in total. The van der Waals surface area contributed by atoms with E-state index in [4.69, 9.17) is 4.98 Å². The van der Waals surface area contributed by atoms with Crippen LogP contribution >= 0.6 is 11.8 Å². The zero-order chi connectivity index (χ0) is 19.7. The van der Waals surface area contributed by atoms with E-state index in [1.165, 1.54) is 36.6 Å². The van der Waals surface area contributed by atoms with Crippen LogP contribution in [0.15, 0.2) is 23.4 Å². The predicted octanol–water partition coefficient (Wildman–Crippen LogP) is 3.96. The first kappa shape index (κ1) is 19.2. The van der Waals surface area contributed by atoms with Crippen molar-refractivity contribution < 1.29 is 4.79 Å². The second-order valence-corrected chi connectivity index (χ2v) is 8.56. The Morgan fingerprint density at radius 3 is 2.79 bits per heavy atom. The summed E-state index contributed by atoms with van der Waals surface area (Å²) in [5.41, 5.74) is 4.01. The highest BCUT2D eigenvalue weighted by molar-refractivity contribution is 7.99. The van der Waals surface area contributed by atoms with Gasteiger partial charge in [-0.2, -0.15) is 0 Å². The number of nitrogens with zero attached hydrogens (tertiary/aromatic N) is 5. The van der Waals surface area contributed by atoms with Crippen molar-refractivity contribution in [3.05, 3.63) is 23.8 Å². The summed E-state index contributed by atoms with van der Waals surface area (Å²) < 4.78 is 2.05. The average Bonchev–Trinajstić information content (AvgIpc) is 3.03. The van der Waals surface area contributed by atoms with E-state index in [0.717, 1.165) is 41.3 Å². The third kappa shape index (κ3) is 3.60. The van der Waals surface area contributed by atoms with Crippen molar-refractivity contribution >= 4 is 39.7 Å². The van der Waals surface area contributed by atoms with Crippen LogP contribution in [-0.2, 0) is 18.3 Å². The molecule has 1 aromatic carbocycles. The first-order chi connectivity index (χ1) is 13.6. The minimum atomic E-state index is 0.144. The van der Waals surface area contributed by atoms with Crippen LogP contribution in [0.25, 0.3) is 22.1 Å². The van der Waals surface area contributed by atoms with E-state index >= 15 is 0 Å². The summed E-state index contributed by atoms with van der Waals surface area (Å²) in [4.78, 5) is 19.2. The Balaban J connectivity index is 1.52. The lowest BCUT2D eigenvalue weighted by Crippen LogP contribution is -2.39. The van der Waals surface area contributed by atoms with Crippen molar-refractivity contribution in [3.8, 4) is 0 Å². The van der Waals surface area contributed by atoms with Crippen LogP contribution in [0.2, 0.25) is 0 Å². The zero-order valence-corrected chi connectivity index (χ0v) is 17.6. The minimum absolute atomic E-state index is 0.144. The number of fused-ring (bicyclic) bond motifs is 3. The van der Waals surface area contributed by atoms with Crippen molar-refractivity contribution in [1.82, 2.24) is 24.6 Å². The second kappa shape index (κ2) is 8.07. The molecule has 4 rings (SSSR count). The first-order valence-corrected chi connectivity index (χ1v) is 11.1. The number of hydrogen-bond donors (Lipinski definition) is 0. The fraction of sp³-hybridized carbons (Fsp3) is 0.524. The Bertz CT molecular complexity index is 1010. The lowest BCUT2D eigenvalue weighted by atomic mass is 9.94. The Morgan fingerprint density at radius 2 is 2.04 bits per heavy atom. The summed E-state index contributed by atoms with van der Waals surface area (Å²) in [5, 5.41) is 10.4. The lowest BCUT2D eigenvalue weighted by molar-refractivity contribution is -0.129. The van der Waals surface area contributed by atoms with Crippen molar-refractivity contribution in [2.75, 3.05) is 12.8 Å². The molecule has 1 aliphatic rings. The standard InChI is InChI=1S/C21H27N5OS/c1-4-14-10-11-17-16(12-14)19-20(26(17)3)22-21(24-23-19)28-13-18(27)25(2)15-8-6-5-7-9-15/h10-12,15H,4-9,13H2,1-3H3. The summed E-state index contributed by atoms with van der Waals surface area (Å²) in [6, 6.07) is 6.81. The molecule has 0 spiro atoms. The van der Waals surface area contributed by atoms with Gasteiger partial charge in [0.15, 0.2) is 5.65 Å². The highest BCUT2D eigenvalue weighted by Gasteiger charge is 2.22. The normalized spacial score (nSPS) is 15.4. The van der Waals surface area contributed by atoms with Crippen LogP contribution in [0, 0.1) is 0 Å². The third-order valence-corrected chi connectivity index (χ3v) is 6.72. The van der Waals surface area contributed by atoms with Gasteiger partial charge in [-0.05, 0) is 37.0 Å². The molecule has 0 atom stereocenters. The molecule has 0 saturated heterocycles. The van der Waals surface area contributed by atoms with Crippen LogP contribution in [0.5, 0.6) is 0 Å². The molecule has 2 heterocycles. The maximum absolute atomic E-state index is 12.6. The molecule has 7 heteroatoms. The van der Waals surface area contributed by atoms with E-state index in [-0.39, 0.29) is 5.91 Å². The number of rotatable bonds is 5. The SMILES string of the molecule is CCc1ccc2c(c1)c1nnc(SCC(=O)N(C)C3CCCCC3)nc1n2C. The number of thioether (sulfide) groups is 1. The highest BCUT2D eigenvalue weighted by Crippen LogP contribution is 2.28. The number of benzene rings is 1. The van der Waals surface area contributed by atoms with E-state index in [1.807, 2.05) is 19.0 Å². The summed E-state index contributed by atoms with van der Waals surface area (Å²) in [6.45, 7) is 2.15. The lowest BCUT2D eigenvalue weighted by Gasteiger charge is -2.31.